The van der Waals surface area contributed by atoms with Crippen molar-refractivity contribution in [1.29, 1.82) is 0 Å². The molecular formula is C28H46O3. The molecule has 1 saturated heterocycles. The smallest absolute Gasteiger partial charge is 0.0677 e. The molecule has 0 bridgehead atoms. The summed E-state index contributed by atoms with van der Waals surface area (Å²) < 4.78 is 5.40. The maximum absolute atomic E-state index is 10.6. The Balaban J connectivity index is 1.39. The number of ether oxygens (including phenoxy) is 1. The van der Waals surface area contributed by atoms with Gasteiger partial charge in [-0.1, -0.05) is 50.0 Å². The Morgan fingerprint density at radius 1 is 1.16 bits per heavy atom. The first-order chi connectivity index (χ1) is 14.6. The highest BCUT2D eigenvalue weighted by Gasteiger charge is 2.50. The molecule has 1 heterocycles. The van der Waals surface area contributed by atoms with Crippen LogP contribution in [0.1, 0.15) is 98.3 Å². The topological polar surface area (TPSA) is 49.7 Å². The lowest BCUT2D eigenvalue weighted by atomic mass is 9.60. The molecule has 0 radical (unpaired) electrons. The second-order valence-electron chi connectivity index (χ2n) is 12.4. The van der Waals surface area contributed by atoms with Crippen molar-refractivity contribution in [3.63, 3.8) is 0 Å². The zero-order valence-electron chi connectivity index (χ0n) is 20.5. The van der Waals surface area contributed by atoms with Crippen LogP contribution in [0.25, 0.3) is 0 Å². The summed E-state index contributed by atoms with van der Waals surface area (Å²) in [4.78, 5) is 0. The molecule has 4 aliphatic rings. The highest BCUT2D eigenvalue weighted by atomic mass is 16.5. The minimum absolute atomic E-state index is 0.0634. The number of aliphatic hydroxyl groups is 2. The van der Waals surface area contributed by atoms with E-state index < -0.39 is 5.60 Å². The number of rotatable bonds is 6. The van der Waals surface area contributed by atoms with E-state index in [9.17, 15) is 10.2 Å². The van der Waals surface area contributed by atoms with E-state index in [1.807, 2.05) is 13.8 Å². The lowest BCUT2D eigenvalue weighted by Crippen LogP contribution is -2.53. The van der Waals surface area contributed by atoms with Gasteiger partial charge in [0.25, 0.3) is 0 Å². The summed E-state index contributed by atoms with van der Waals surface area (Å²) in [7, 11) is 0. The van der Waals surface area contributed by atoms with Crippen molar-refractivity contribution in [3.8, 4) is 0 Å². The van der Waals surface area contributed by atoms with E-state index in [0.29, 0.717) is 5.41 Å². The molecular weight excluding hydrogens is 384 g/mol. The van der Waals surface area contributed by atoms with Crippen LogP contribution in [-0.4, -0.2) is 35.1 Å². The Labute approximate surface area is 190 Å². The minimum Gasteiger partial charge on any atom is -0.392 e. The van der Waals surface area contributed by atoms with Gasteiger partial charge in [-0.3, -0.25) is 0 Å². The number of hydrogen-bond acceptors (Lipinski definition) is 3. The van der Waals surface area contributed by atoms with Gasteiger partial charge in [-0.15, -0.1) is 0 Å². The van der Waals surface area contributed by atoms with Gasteiger partial charge in [-0.05, 0) is 94.8 Å². The van der Waals surface area contributed by atoms with Gasteiger partial charge in [0.05, 0.1) is 24.9 Å². The van der Waals surface area contributed by atoms with E-state index >= 15 is 0 Å². The Hall–Kier alpha value is -0.640. The molecule has 4 rings (SSSR count). The van der Waals surface area contributed by atoms with Crippen LogP contribution < -0.4 is 0 Å². The summed E-state index contributed by atoms with van der Waals surface area (Å²) in [6.45, 7) is 10.4. The molecule has 3 nitrogen and oxygen atoms in total. The van der Waals surface area contributed by atoms with Gasteiger partial charge in [-0.2, -0.15) is 0 Å². The lowest BCUT2D eigenvalue weighted by molar-refractivity contribution is -0.181. The second kappa shape index (κ2) is 8.95. The molecule has 176 valence electrons. The molecule has 5 atom stereocenters. The average molecular weight is 431 g/mol. The van der Waals surface area contributed by atoms with E-state index in [1.54, 1.807) is 5.57 Å². The second-order valence-corrected chi connectivity index (χ2v) is 12.4. The molecule has 3 saturated carbocycles. The van der Waals surface area contributed by atoms with Crippen molar-refractivity contribution in [3.05, 3.63) is 23.3 Å². The maximum Gasteiger partial charge on any atom is 0.0677 e. The van der Waals surface area contributed by atoms with Crippen molar-refractivity contribution < 1.29 is 14.9 Å². The summed E-state index contributed by atoms with van der Waals surface area (Å²) in [6, 6.07) is 0. The third kappa shape index (κ3) is 4.84. The molecule has 0 aromatic carbocycles. The largest absolute Gasteiger partial charge is 0.392 e. The molecule has 2 N–H and O–H groups in total. The number of allylic oxidation sites excluding steroid dienone is 3. The lowest BCUT2D eigenvalue weighted by Gasteiger charge is -2.48. The Morgan fingerprint density at radius 2 is 1.94 bits per heavy atom. The van der Waals surface area contributed by atoms with Crippen LogP contribution in [0.4, 0.5) is 0 Å². The summed E-state index contributed by atoms with van der Waals surface area (Å²) >= 11 is 0. The van der Waals surface area contributed by atoms with Crippen molar-refractivity contribution >= 4 is 0 Å². The average Bonchev–Trinajstić information content (AvgIpc) is 3.01. The summed E-state index contributed by atoms with van der Waals surface area (Å²) in [5.41, 5.74) is 3.08. The van der Waals surface area contributed by atoms with Crippen LogP contribution in [0.5, 0.6) is 0 Å². The zero-order chi connectivity index (χ0) is 22.3. The monoisotopic (exact) mass is 430 g/mol. The number of fused-ring (bicyclic) bond motifs is 1. The highest BCUT2D eigenvalue weighted by Crippen LogP contribution is 2.60. The van der Waals surface area contributed by atoms with Gasteiger partial charge in [0.15, 0.2) is 0 Å². The molecule has 4 fully saturated rings. The summed E-state index contributed by atoms with van der Waals surface area (Å²) in [5.74, 6) is 2.29. The number of hydrogen-bond donors (Lipinski definition) is 2. The van der Waals surface area contributed by atoms with Gasteiger partial charge in [-0.25, -0.2) is 0 Å². The Bertz CT molecular complexity index is 696. The van der Waals surface area contributed by atoms with Crippen LogP contribution in [-0.2, 0) is 4.74 Å². The molecule has 0 aromatic heterocycles. The Kier molecular flexibility index (Phi) is 6.79. The van der Waals surface area contributed by atoms with E-state index in [1.165, 1.54) is 44.1 Å². The summed E-state index contributed by atoms with van der Waals surface area (Å²) in [5, 5.41) is 20.7. The first kappa shape index (κ1) is 23.5. The fourth-order valence-electron chi connectivity index (χ4n) is 7.49. The fourth-order valence-corrected chi connectivity index (χ4v) is 7.49. The molecule has 3 heteroatoms. The van der Waals surface area contributed by atoms with Crippen molar-refractivity contribution in [2.24, 2.45) is 28.6 Å². The van der Waals surface area contributed by atoms with E-state index in [4.69, 9.17) is 4.74 Å². The molecule has 0 aromatic rings. The van der Waals surface area contributed by atoms with Crippen LogP contribution in [0.15, 0.2) is 23.3 Å². The van der Waals surface area contributed by atoms with Crippen LogP contribution in [0, 0.1) is 28.6 Å². The van der Waals surface area contributed by atoms with Crippen molar-refractivity contribution in [1.82, 2.24) is 0 Å². The molecule has 0 amide bonds. The standard InChI is InChI=1S/C28H46O3/c1-20(7-5-14-26(2,3)30)23-11-12-24-22(8-6-15-27(23,24)4)10-9-21-13-16-28(18-31-19-28)25(29)17-21/h9-10,20,23-25,29-30H,5-8,11-19H2,1-4H3/b21-9-,22-10+/t20-,23?,24?,25+,27?/m0/s1. The van der Waals surface area contributed by atoms with Gasteiger partial charge in [0.2, 0.25) is 0 Å². The molecule has 3 aliphatic carbocycles. The van der Waals surface area contributed by atoms with Gasteiger partial charge in [0.1, 0.15) is 0 Å². The molecule has 1 spiro atoms. The first-order valence-corrected chi connectivity index (χ1v) is 13.0. The predicted molar refractivity (Wildman–Crippen MR) is 127 cm³/mol. The van der Waals surface area contributed by atoms with Gasteiger partial charge >= 0.3 is 0 Å². The van der Waals surface area contributed by atoms with Gasteiger partial charge < -0.3 is 14.9 Å². The van der Waals surface area contributed by atoms with E-state index in [0.717, 1.165) is 63.1 Å². The molecule has 3 unspecified atom stereocenters. The Morgan fingerprint density at radius 3 is 2.58 bits per heavy atom. The van der Waals surface area contributed by atoms with Crippen LogP contribution in [0.3, 0.4) is 0 Å². The zero-order valence-corrected chi connectivity index (χ0v) is 20.5. The quantitative estimate of drug-likeness (QED) is 0.528. The first-order valence-electron chi connectivity index (χ1n) is 13.0. The number of aliphatic hydroxyl groups excluding tert-OH is 1. The predicted octanol–water partition coefficient (Wildman–Crippen LogP) is 6.19. The summed E-state index contributed by atoms with van der Waals surface area (Å²) in [6.07, 6.45) is 17.5. The fraction of sp³-hybridized carbons (Fsp3) is 0.857. The van der Waals surface area contributed by atoms with Crippen LogP contribution >= 0.6 is 0 Å². The van der Waals surface area contributed by atoms with Crippen molar-refractivity contribution in [2.45, 2.75) is 110 Å². The van der Waals surface area contributed by atoms with E-state index in [-0.39, 0.29) is 11.5 Å². The van der Waals surface area contributed by atoms with Gasteiger partial charge in [0, 0.05) is 5.41 Å². The van der Waals surface area contributed by atoms with Crippen LogP contribution in [0.2, 0.25) is 0 Å². The normalized spacial score (nSPS) is 39.0. The molecule has 1 aliphatic heterocycles. The SMILES string of the molecule is C[C@@H](CCCC(C)(C)O)C1CCC2/C(=C/C=C3/CCC4(COC4)[C@H](O)C3)CCCC21C. The maximum atomic E-state index is 10.6. The molecule has 31 heavy (non-hydrogen) atoms. The third-order valence-corrected chi connectivity index (χ3v) is 9.59. The third-order valence-electron chi connectivity index (χ3n) is 9.59. The highest BCUT2D eigenvalue weighted by molar-refractivity contribution is 5.26. The van der Waals surface area contributed by atoms with Crippen molar-refractivity contribution in [2.75, 3.05) is 13.2 Å². The minimum atomic E-state index is -0.534. The van der Waals surface area contributed by atoms with E-state index in [2.05, 4.69) is 26.0 Å².